The van der Waals surface area contributed by atoms with E-state index in [1.807, 2.05) is 12.1 Å². The van der Waals surface area contributed by atoms with Gasteiger partial charge in [-0.1, -0.05) is 24.3 Å². The Morgan fingerprint density at radius 3 is 2.24 bits per heavy atom. The number of amides is 1. The number of benzene rings is 2. The van der Waals surface area contributed by atoms with Crippen molar-refractivity contribution >= 4 is 17.6 Å². The summed E-state index contributed by atoms with van der Waals surface area (Å²) in [5.74, 6) is 0.290. The Kier molecular flexibility index (Phi) is 4.88. The highest BCUT2D eigenvalue weighted by molar-refractivity contribution is 6.00. The monoisotopic (exact) mass is 341 g/mol. The second-order valence-electron chi connectivity index (χ2n) is 5.65. The Hall–Kier alpha value is -3.02. The van der Waals surface area contributed by atoms with E-state index in [2.05, 4.69) is 0 Å². The van der Waals surface area contributed by atoms with Crippen LogP contribution in [0.2, 0.25) is 0 Å². The summed E-state index contributed by atoms with van der Waals surface area (Å²) in [6, 6.07) is 14.1. The predicted octanol–water partition coefficient (Wildman–Crippen LogP) is 2.66. The lowest BCUT2D eigenvalue weighted by molar-refractivity contribution is -0.139. The van der Waals surface area contributed by atoms with Crippen molar-refractivity contribution in [2.75, 3.05) is 25.7 Å². The Bertz CT molecular complexity index is 789. The van der Waals surface area contributed by atoms with Crippen LogP contribution in [0.25, 0.3) is 0 Å². The second-order valence-corrected chi connectivity index (χ2v) is 5.65. The first-order valence-corrected chi connectivity index (χ1v) is 7.92. The Morgan fingerprint density at radius 1 is 0.960 bits per heavy atom. The summed E-state index contributed by atoms with van der Waals surface area (Å²) in [7, 11) is 3.06. The van der Waals surface area contributed by atoms with E-state index < -0.39 is 11.9 Å². The molecule has 3 rings (SSSR count). The fraction of sp³-hybridized carbons (Fsp3) is 0.263. The number of methoxy groups -OCH3 is 2. The van der Waals surface area contributed by atoms with Gasteiger partial charge in [0.1, 0.15) is 5.75 Å². The number of carbonyl (C=O) groups excluding carboxylic acids is 2. The fourth-order valence-corrected chi connectivity index (χ4v) is 2.85. The van der Waals surface area contributed by atoms with Gasteiger partial charge in [-0.25, -0.2) is 0 Å². The topological polar surface area (TPSA) is 65.1 Å². The van der Waals surface area contributed by atoms with Crippen molar-refractivity contribution in [3.05, 3.63) is 48.5 Å². The van der Waals surface area contributed by atoms with Gasteiger partial charge in [0.25, 0.3) is 0 Å². The number of hydrogen-bond acceptors (Lipinski definition) is 5. The molecule has 1 aliphatic heterocycles. The van der Waals surface area contributed by atoms with Gasteiger partial charge in [-0.2, -0.15) is 0 Å². The lowest BCUT2D eigenvalue weighted by atomic mass is 10.1. The van der Waals surface area contributed by atoms with E-state index >= 15 is 0 Å². The normalized spacial score (nSPS) is 16.6. The largest absolute Gasteiger partial charge is 0.495 e. The maximum absolute atomic E-state index is 12.5. The van der Waals surface area contributed by atoms with Crippen LogP contribution in [0, 0.1) is 5.92 Å². The third-order valence-corrected chi connectivity index (χ3v) is 4.11. The van der Waals surface area contributed by atoms with Crippen LogP contribution < -0.4 is 19.1 Å². The Labute approximate surface area is 145 Å². The smallest absolute Gasteiger partial charge is 0.316 e. The zero-order chi connectivity index (χ0) is 17.8. The zero-order valence-corrected chi connectivity index (χ0v) is 14.1. The Balaban J connectivity index is 1.75. The maximum Gasteiger partial charge on any atom is 0.316 e. The van der Waals surface area contributed by atoms with Crippen LogP contribution in [0.5, 0.6) is 17.2 Å². The van der Waals surface area contributed by atoms with Crippen LogP contribution >= 0.6 is 0 Å². The summed E-state index contributed by atoms with van der Waals surface area (Å²) in [6.45, 7) is 0.257. The molecular formula is C19H19NO5. The van der Waals surface area contributed by atoms with E-state index in [9.17, 15) is 9.59 Å². The van der Waals surface area contributed by atoms with Crippen molar-refractivity contribution in [3.63, 3.8) is 0 Å². The molecule has 6 nitrogen and oxygen atoms in total. The molecule has 1 amide bonds. The lowest BCUT2D eigenvalue weighted by Crippen LogP contribution is -2.27. The number of esters is 1. The maximum atomic E-state index is 12.5. The van der Waals surface area contributed by atoms with E-state index in [0.717, 1.165) is 0 Å². The summed E-state index contributed by atoms with van der Waals surface area (Å²) in [5.41, 5.74) is 0.655. The first-order valence-electron chi connectivity index (χ1n) is 7.92. The minimum Gasteiger partial charge on any atom is -0.495 e. The van der Waals surface area contributed by atoms with Crippen molar-refractivity contribution in [2.24, 2.45) is 5.92 Å². The molecule has 0 saturated carbocycles. The van der Waals surface area contributed by atoms with Gasteiger partial charge >= 0.3 is 5.97 Å². The average Bonchev–Trinajstić information content (AvgIpc) is 3.03. The molecule has 0 aliphatic carbocycles. The van der Waals surface area contributed by atoms with Gasteiger partial charge < -0.3 is 19.1 Å². The molecule has 0 aromatic heterocycles. The van der Waals surface area contributed by atoms with Crippen molar-refractivity contribution in [1.82, 2.24) is 0 Å². The van der Waals surface area contributed by atoms with Crippen LogP contribution in [-0.4, -0.2) is 32.6 Å². The van der Waals surface area contributed by atoms with E-state index in [1.54, 1.807) is 48.4 Å². The molecule has 130 valence electrons. The average molecular weight is 341 g/mol. The molecule has 1 atom stereocenters. The molecule has 1 heterocycles. The highest BCUT2D eigenvalue weighted by atomic mass is 16.6. The van der Waals surface area contributed by atoms with Crippen molar-refractivity contribution < 1.29 is 23.8 Å². The van der Waals surface area contributed by atoms with Crippen molar-refractivity contribution in [2.45, 2.75) is 6.42 Å². The van der Waals surface area contributed by atoms with Gasteiger partial charge in [-0.05, 0) is 24.3 Å². The Morgan fingerprint density at radius 2 is 1.56 bits per heavy atom. The summed E-state index contributed by atoms with van der Waals surface area (Å²) in [5, 5.41) is 0. The van der Waals surface area contributed by atoms with Gasteiger partial charge in [-0.3, -0.25) is 9.59 Å². The number of hydrogen-bond donors (Lipinski definition) is 0. The first kappa shape index (κ1) is 16.8. The molecule has 0 bridgehead atoms. The van der Waals surface area contributed by atoms with E-state index in [-0.39, 0.29) is 18.9 Å². The van der Waals surface area contributed by atoms with Crippen LogP contribution in [-0.2, 0) is 9.59 Å². The van der Waals surface area contributed by atoms with Gasteiger partial charge in [0, 0.05) is 13.0 Å². The molecule has 6 heteroatoms. The third kappa shape index (κ3) is 3.42. The lowest BCUT2D eigenvalue weighted by Gasteiger charge is -2.19. The van der Waals surface area contributed by atoms with Crippen molar-refractivity contribution in [3.8, 4) is 17.2 Å². The zero-order valence-electron chi connectivity index (χ0n) is 14.1. The molecule has 1 aliphatic rings. The number of ether oxygens (including phenoxy) is 3. The summed E-state index contributed by atoms with van der Waals surface area (Å²) in [6.07, 6.45) is 0.103. The predicted molar refractivity (Wildman–Crippen MR) is 92.1 cm³/mol. The minimum absolute atomic E-state index is 0.103. The highest BCUT2D eigenvalue weighted by Gasteiger charge is 2.37. The summed E-state index contributed by atoms with van der Waals surface area (Å²) >= 11 is 0. The van der Waals surface area contributed by atoms with E-state index in [0.29, 0.717) is 22.9 Å². The van der Waals surface area contributed by atoms with Crippen LogP contribution in [0.4, 0.5) is 5.69 Å². The highest BCUT2D eigenvalue weighted by Crippen LogP contribution is 2.34. The van der Waals surface area contributed by atoms with Gasteiger partial charge in [0.15, 0.2) is 11.5 Å². The first-order chi connectivity index (χ1) is 12.1. The van der Waals surface area contributed by atoms with E-state index in [4.69, 9.17) is 14.2 Å². The number of rotatable bonds is 5. The molecule has 0 spiro atoms. The van der Waals surface area contributed by atoms with Gasteiger partial charge in [-0.15, -0.1) is 0 Å². The molecule has 1 fully saturated rings. The number of anilines is 1. The van der Waals surface area contributed by atoms with Crippen LogP contribution in [0.15, 0.2) is 48.5 Å². The molecule has 1 saturated heterocycles. The fourth-order valence-electron chi connectivity index (χ4n) is 2.85. The molecule has 2 aromatic rings. The molecule has 0 unspecified atom stereocenters. The van der Waals surface area contributed by atoms with Gasteiger partial charge in [0.2, 0.25) is 5.91 Å². The quantitative estimate of drug-likeness (QED) is 0.618. The number of carbonyl (C=O) groups is 2. The molecular weight excluding hydrogens is 322 g/mol. The summed E-state index contributed by atoms with van der Waals surface area (Å²) in [4.78, 5) is 26.4. The molecule has 0 N–H and O–H groups in total. The van der Waals surface area contributed by atoms with E-state index in [1.165, 1.54) is 7.11 Å². The van der Waals surface area contributed by atoms with Crippen LogP contribution in [0.3, 0.4) is 0 Å². The molecule has 2 aromatic carbocycles. The SMILES string of the molecule is COc1ccccc1OC(=O)[C@@H]1CC(=O)N(c2ccccc2OC)C1. The van der Waals surface area contributed by atoms with Crippen LogP contribution in [0.1, 0.15) is 6.42 Å². The second kappa shape index (κ2) is 7.25. The van der Waals surface area contributed by atoms with Crippen molar-refractivity contribution in [1.29, 1.82) is 0 Å². The molecule has 0 radical (unpaired) electrons. The third-order valence-electron chi connectivity index (χ3n) is 4.11. The minimum atomic E-state index is -0.540. The standard InChI is InChI=1S/C19H19NO5/c1-23-15-8-4-3-7-14(15)20-12-13(11-18(20)21)19(22)25-17-10-6-5-9-16(17)24-2/h3-10,13H,11-12H2,1-2H3/t13-/m1/s1. The number of nitrogens with zero attached hydrogens (tertiary/aromatic N) is 1. The van der Waals surface area contributed by atoms with Gasteiger partial charge in [0.05, 0.1) is 25.8 Å². The summed E-state index contributed by atoms with van der Waals surface area (Å²) < 4.78 is 15.9. The number of para-hydroxylation sites is 4. The molecule has 25 heavy (non-hydrogen) atoms.